The molecular formula is C27H29N5O2S. The molecule has 5 rings (SSSR count). The van der Waals surface area contributed by atoms with E-state index in [4.69, 9.17) is 0 Å². The van der Waals surface area contributed by atoms with Crippen molar-refractivity contribution in [3.05, 3.63) is 88.5 Å². The van der Waals surface area contributed by atoms with Gasteiger partial charge in [-0.25, -0.2) is 4.98 Å². The first kappa shape index (κ1) is 23.4. The van der Waals surface area contributed by atoms with E-state index in [0.717, 1.165) is 48.0 Å². The first-order valence-corrected chi connectivity index (χ1v) is 12.7. The monoisotopic (exact) mass is 487 g/mol. The number of piperazine rings is 1. The number of fused-ring (bicyclic) bond motifs is 1. The van der Waals surface area contributed by atoms with Gasteiger partial charge in [-0.2, -0.15) is 0 Å². The Hall–Kier alpha value is -3.33. The fraction of sp³-hybridized carbons (Fsp3) is 0.296. The van der Waals surface area contributed by atoms with E-state index in [2.05, 4.69) is 39.1 Å². The van der Waals surface area contributed by atoms with Crippen LogP contribution in [0, 0.1) is 0 Å². The second-order valence-electron chi connectivity index (χ2n) is 9.02. The molecule has 0 atom stereocenters. The largest absolute Gasteiger partial charge is 0.339 e. The van der Waals surface area contributed by atoms with E-state index in [-0.39, 0.29) is 11.5 Å². The zero-order valence-corrected chi connectivity index (χ0v) is 20.6. The van der Waals surface area contributed by atoms with Crippen molar-refractivity contribution >= 4 is 27.5 Å². The van der Waals surface area contributed by atoms with Gasteiger partial charge in [0, 0.05) is 37.6 Å². The molecule has 2 aromatic heterocycles. The summed E-state index contributed by atoms with van der Waals surface area (Å²) in [5, 5.41) is 0.602. The lowest BCUT2D eigenvalue weighted by Crippen LogP contribution is -2.50. The number of nitrogens with zero attached hydrogens (tertiary/aromatic N) is 4. The lowest BCUT2D eigenvalue weighted by molar-refractivity contribution is -0.134. The Morgan fingerprint density at radius 3 is 2.43 bits per heavy atom. The summed E-state index contributed by atoms with van der Waals surface area (Å²) in [6.07, 6.45) is 0. The number of carbonyl (C=O) groups is 1. The number of amides is 1. The van der Waals surface area contributed by atoms with E-state index in [1.54, 1.807) is 0 Å². The Morgan fingerprint density at radius 1 is 1.03 bits per heavy atom. The maximum atomic E-state index is 12.9. The topological polar surface area (TPSA) is 72.5 Å². The lowest BCUT2D eigenvalue weighted by atomic mass is 10.2. The van der Waals surface area contributed by atoms with Gasteiger partial charge in [-0.3, -0.25) is 19.4 Å². The molecule has 0 unspecified atom stereocenters. The molecule has 0 saturated carbocycles. The van der Waals surface area contributed by atoms with Crippen LogP contribution in [0.5, 0.6) is 0 Å². The molecule has 0 spiro atoms. The molecular weight excluding hydrogens is 458 g/mol. The fourth-order valence-corrected chi connectivity index (χ4v) is 5.49. The van der Waals surface area contributed by atoms with Gasteiger partial charge in [0.05, 0.1) is 18.5 Å². The van der Waals surface area contributed by atoms with Crippen LogP contribution in [0.1, 0.15) is 11.4 Å². The number of rotatable bonds is 7. The van der Waals surface area contributed by atoms with Gasteiger partial charge in [-0.05, 0) is 24.2 Å². The summed E-state index contributed by atoms with van der Waals surface area (Å²) in [5.41, 5.74) is 2.23. The molecule has 3 heterocycles. The molecule has 2 aromatic carbocycles. The zero-order valence-electron chi connectivity index (χ0n) is 19.8. The number of H-pyrrole nitrogens is 1. The maximum absolute atomic E-state index is 12.9. The highest BCUT2D eigenvalue weighted by Crippen LogP contribution is 2.30. The summed E-state index contributed by atoms with van der Waals surface area (Å²) in [5.74, 6) is 0.685. The Morgan fingerprint density at radius 2 is 1.71 bits per heavy atom. The summed E-state index contributed by atoms with van der Waals surface area (Å²) in [4.78, 5) is 41.1. The number of aromatic amines is 1. The Balaban J connectivity index is 1.17. The second kappa shape index (κ2) is 10.5. The van der Waals surface area contributed by atoms with Crippen LogP contribution in [0.3, 0.4) is 0 Å². The summed E-state index contributed by atoms with van der Waals surface area (Å²) in [6.45, 7) is 4.83. The van der Waals surface area contributed by atoms with Crippen LogP contribution < -0.4 is 5.56 Å². The highest BCUT2D eigenvalue weighted by Gasteiger charge is 2.22. The van der Waals surface area contributed by atoms with Crippen molar-refractivity contribution in [1.29, 1.82) is 0 Å². The number of hydrogen-bond donors (Lipinski definition) is 1. The number of likely N-dealkylation sites (N-methyl/N-ethyl adjacent to an activating group) is 1. The molecule has 1 aliphatic heterocycles. The molecule has 0 aliphatic carbocycles. The van der Waals surface area contributed by atoms with Gasteiger partial charge >= 0.3 is 0 Å². The Kier molecular flexibility index (Phi) is 7.03. The van der Waals surface area contributed by atoms with Crippen LogP contribution in [0.2, 0.25) is 0 Å². The molecule has 0 bridgehead atoms. The standard InChI is InChI=1S/C27H29N5O2S/c1-30(19-25(33)32-14-12-31(13-15-32)17-20-8-4-2-5-9-20)18-24-28-26(34)22-16-23(35-27(22)29-24)21-10-6-3-7-11-21/h2-11,16H,12-15,17-19H2,1H3,(H,28,29,34). The number of benzene rings is 2. The maximum Gasteiger partial charge on any atom is 0.259 e. The van der Waals surface area contributed by atoms with Crippen LogP contribution in [0.25, 0.3) is 20.7 Å². The minimum atomic E-state index is -0.141. The molecule has 180 valence electrons. The summed E-state index contributed by atoms with van der Waals surface area (Å²) in [7, 11) is 1.89. The van der Waals surface area contributed by atoms with Gasteiger partial charge in [0.2, 0.25) is 5.91 Å². The summed E-state index contributed by atoms with van der Waals surface area (Å²) in [6, 6.07) is 22.3. The van der Waals surface area contributed by atoms with E-state index >= 15 is 0 Å². The van der Waals surface area contributed by atoms with Gasteiger partial charge < -0.3 is 9.88 Å². The van der Waals surface area contributed by atoms with Crippen molar-refractivity contribution in [3.8, 4) is 10.4 Å². The molecule has 35 heavy (non-hydrogen) atoms. The Labute approximate surface area is 208 Å². The van der Waals surface area contributed by atoms with Crippen molar-refractivity contribution in [1.82, 2.24) is 24.7 Å². The van der Waals surface area contributed by atoms with Crippen LogP contribution in [0.15, 0.2) is 71.5 Å². The first-order chi connectivity index (χ1) is 17.0. The van der Waals surface area contributed by atoms with E-state index < -0.39 is 0 Å². The average Bonchev–Trinajstić information content (AvgIpc) is 3.30. The van der Waals surface area contributed by atoms with Crippen molar-refractivity contribution in [2.24, 2.45) is 0 Å². The molecule has 8 heteroatoms. The lowest BCUT2D eigenvalue weighted by Gasteiger charge is -2.35. The zero-order chi connectivity index (χ0) is 24.2. The summed E-state index contributed by atoms with van der Waals surface area (Å²) < 4.78 is 0. The third-order valence-corrected chi connectivity index (χ3v) is 7.39. The van der Waals surface area contributed by atoms with E-state index in [1.165, 1.54) is 16.9 Å². The smallest absolute Gasteiger partial charge is 0.259 e. The third kappa shape index (κ3) is 5.67. The van der Waals surface area contributed by atoms with Crippen molar-refractivity contribution < 1.29 is 4.79 Å². The third-order valence-electron chi connectivity index (χ3n) is 6.31. The summed E-state index contributed by atoms with van der Waals surface area (Å²) >= 11 is 1.51. The molecule has 7 nitrogen and oxygen atoms in total. The quantitative estimate of drug-likeness (QED) is 0.433. The van der Waals surface area contributed by atoms with Gasteiger partial charge in [0.1, 0.15) is 10.7 Å². The van der Waals surface area contributed by atoms with Gasteiger partial charge in [-0.1, -0.05) is 60.7 Å². The van der Waals surface area contributed by atoms with Gasteiger partial charge in [0.25, 0.3) is 5.56 Å². The van der Waals surface area contributed by atoms with Crippen LogP contribution in [0.4, 0.5) is 0 Å². The molecule has 1 aliphatic rings. The van der Waals surface area contributed by atoms with Crippen molar-refractivity contribution in [3.63, 3.8) is 0 Å². The number of hydrogen-bond acceptors (Lipinski definition) is 6. The van der Waals surface area contributed by atoms with Crippen LogP contribution in [-0.2, 0) is 17.9 Å². The highest BCUT2D eigenvalue weighted by molar-refractivity contribution is 7.21. The predicted octanol–water partition coefficient (Wildman–Crippen LogP) is 3.43. The molecule has 1 fully saturated rings. The fourth-order valence-electron chi connectivity index (χ4n) is 4.44. The SMILES string of the molecule is CN(CC(=O)N1CCN(Cc2ccccc2)CC1)Cc1nc2sc(-c3ccccc3)cc2c(=O)[nH]1. The number of carbonyl (C=O) groups excluding carboxylic acids is 1. The van der Waals surface area contributed by atoms with E-state index in [0.29, 0.717) is 24.3 Å². The first-order valence-electron chi connectivity index (χ1n) is 11.9. The number of thiophene rings is 1. The highest BCUT2D eigenvalue weighted by atomic mass is 32.1. The molecule has 0 radical (unpaired) electrons. The minimum absolute atomic E-state index is 0.109. The molecule has 4 aromatic rings. The van der Waals surface area contributed by atoms with Gasteiger partial charge in [-0.15, -0.1) is 11.3 Å². The second-order valence-corrected chi connectivity index (χ2v) is 10.1. The number of nitrogens with one attached hydrogen (secondary N) is 1. The Bertz CT molecular complexity index is 1340. The van der Waals surface area contributed by atoms with Crippen LogP contribution in [-0.4, -0.2) is 70.3 Å². The number of aromatic nitrogens is 2. The normalized spacial score (nSPS) is 14.6. The predicted molar refractivity (Wildman–Crippen MR) is 140 cm³/mol. The molecule has 1 saturated heterocycles. The van der Waals surface area contributed by atoms with Crippen molar-refractivity contribution in [2.45, 2.75) is 13.1 Å². The van der Waals surface area contributed by atoms with Crippen molar-refractivity contribution in [2.75, 3.05) is 39.8 Å². The molecule has 1 N–H and O–H groups in total. The van der Waals surface area contributed by atoms with Gasteiger partial charge in [0.15, 0.2) is 0 Å². The van der Waals surface area contributed by atoms with E-state index in [1.807, 2.05) is 59.3 Å². The molecule has 1 amide bonds. The minimum Gasteiger partial charge on any atom is -0.339 e. The van der Waals surface area contributed by atoms with E-state index in [9.17, 15) is 9.59 Å². The van der Waals surface area contributed by atoms with Crippen LogP contribution >= 0.6 is 11.3 Å². The average molecular weight is 488 g/mol.